The van der Waals surface area contributed by atoms with E-state index in [1.807, 2.05) is 29.2 Å². The summed E-state index contributed by atoms with van der Waals surface area (Å²) in [5, 5.41) is 2.89. The molecule has 27 heavy (non-hydrogen) atoms. The summed E-state index contributed by atoms with van der Waals surface area (Å²) in [6.07, 6.45) is 1.78. The van der Waals surface area contributed by atoms with Crippen LogP contribution in [0.1, 0.15) is 5.56 Å². The van der Waals surface area contributed by atoms with Crippen LogP contribution in [0.15, 0.2) is 55.1 Å². The number of ether oxygens (including phenoxy) is 3. The van der Waals surface area contributed by atoms with E-state index in [-0.39, 0.29) is 12.5 Å². The molecule has 0 aliphatic heterocycles. The average molecular weight is 370 g/mol. The Morgan fingerprint density at radius 2 is 1.74 bits per heavy atom. The zero-order chi connectivity index (χ0) is 19.6. The van der Waals surface area contributed by atoms with Crippen LogP contribution in [0, 0.1) is 0 Å². The van der Waals surface area contributed by atoms with Crippen molar-refractivity contribution >= 4 is 11.6 Å². The Bertz CT molecular complexity index is 759. The van der Waals surface area contributed by atoms with Gasteiger partial charge in [-0.15, -0.1) is 6.58 Å². The minimum atomic E-state index is -0.113. The molecule has 0 unspecified atom stereocenters. The van der Waals surface area contributed by atoms with Crippen molar-refractivity contribution in [2.45, 2.75) is 6.54 Å². The molecule has 0 spiro atoms. The molecule has 0 heterocycles. The summed E-state index contributed by atoms with van der Waals surface area (Å²) in [4.78, 5) is 14.5. The normalized spacial score (nSPS) is 10.4. The molecule has 0 bridgehead atoms. The molecule has 0 aliphatic carbocycles. The highest BCUT2D eigenvalue weighted by molar-refractivity contribution is 5.92. The summed E-state index contributed by atoms with van der Waals surface area (Å²) in [5.41, 5.74) is 1.75. The molecule has 2 rings (SSSR count). The molecule has 2 aromatic carbocycles. The maximum absolute atomic E-state index is 12.5. The van der Waals surface area contributed by atoms with Crippen LogP contribution in [0.5, 0.6) is 17.2 Å². The number of nitrogens with zero attached hydrogens (tertiary/aromatic N) is 1. The molecule has 0 aromatic heterocycles. The monoisotopic (exact) mass is 370 g/mol. The van der Waals surface area contributed by atoms with Crippen LogP contribution in [0.4, 0.5) is 5.69 Å². The first kappa shape index (κ1) is 20.3. The first-order valence-electron chi connectivity index (χ1n) is 8.57. The fourth-order valence-electron chi connectivity index (χ4n) is 2.67. The molecule has 6 heteroatoms. The summed E-state index contributed by atoms with van der Waals surface area (Å²) >= 11 is 0. The van der Waals surface area contributed by atoms with E-state index >= 15 is 0 Å². The lowest BCUT2D eigenvalue weighted by molar-refractivity contribution is -0.117. The topological polar surface area (TPSA) is 60.0 Å². The number of carbonyl (C=O) groups is 1. The lowest BCUT2D eigenvalue weighted by Gasteiger charge is -2.20. The minimum Gasteiger partial charge on any atom is -0.497 e. The lowest BCUT2D eigenvalue weighted by atomic mass is 10.2. The van der Waals surface area contributed by atoms with Crippen molar-refractivity contribution in [3.8, 4) is 17.2 Å². The van der Waals surface area contributed by atoms with E-state index in [1.54, 1.807) is 45.6 Å². The first-order valence-corrected chi connectivity index (χ1v) is 8.57. The van der Waals surface area contributed by atoms with Crippen LogP contribution in [0.2, 0.25) is 0 Å². The highest BCUT2D eigenvalue weighted by atomic mass is 16.5. The largest absolute Gasteiger partial charge is 0.497 e. The molecule has 0 aliphatic rings. The van der Waals surface area contributed by atoms with Crippen LogP contribution >= 0.6 is 0 Å². The maximum atomic E-state index is 12.5. The predicted octanol–water partition coefficient (Wildman–Crippen LogP) is 3.34. The van der Waals surface area contributed by atoms with E-state index in [4.69, 9.17) is 14.2 Å². The smallest absolute Gasteiger partial charge is 0.238 e. The Morgan fingerprint density at radius 3 is 2.33 bits per heavy atom. The van der Waals surface area contributed by atoms with Gasteiger partial charge in [-0.1, -0.05) is 18.2 Å². The van der Waals surface area contributed by atoms with Crippen LogP contribution in [0.3, 0.4) is 0 Å². The Hall–Kier alpha value is -2.99. The van der Waals surface area contributed by atoms with Crippen molar-refractivity contribution in [3.63, 3.8) is 0 Å². The average Bonchev–Trinajstić information content (AvgIpc) is 2.68. The number of hydrogen-bond acceptors (Lipinski definition) is 5. The van der Waals surface area contributed by atoms with E-state index in [9.17, 15) is 4.79 Å². The number of methoxy groups -OCH3 is 3. The third kappa shape index (κ3) is 6.04. The molecule has 2 aromatic rings. The number of hydrogen-bond donors (Lipinski definition) is 1. The van der Waals surface area contributed by atoms with Crippen molar-refractivity contribution in [1.29, 1.82) is 0 Å². The molecule has 0 fully saturated rings. The molecule has 6 nitrogen and oxygen atoms in total. The van der Waals surface area contributed by atoms with Gasteiger partial charge >= 0.3 is 0 Å². The number of carbonyl (C=O) groups excluding carboxylic acids is 1. The first-order chi connectivity index (χ1) is 13.1. The Kier molecular flexibility index (Phi) is 7.70. The molecule has 0 saturated heterocycles. The van der Waals surface area contributed by atoms with E-state index in [1.165, 1.54) is 0 Å². The van der Waals surface area contributed by atoms with Crippen molar-refractivity contribution < 1.29 is 19.0 Å². The van der Waals surface area contributed by atoms with Crippen LogP contribution in [0.25, 0.3) is 0 Å². The third-order valence-corrected chi connectivity index (χ3v) is 3.99. The van der Waals surface area contributed by atoms with Gasteiger partial charge in [-0.2, -0.15) is 0 Å². The number of benzene rings is 2. The van der Waals surface area contributed by atoms with Gasteiger partial charge in [0.1, 0.15) is 5.75 Å². The molecule has 144 valence electrons. The highest BCUT2D eigenvalue weighted by Crippen LogP contribution is 2.29. The fraction of sp³-hybridized carbons (Fsp3) is 0.286. The maximum Gasteiger partial charge on any atom is 0.238 e. The Labute approximate surface area is 160 Å². The standard InChI is InChI=1S/C21H26N2O4/c1-5-12-23(14-16-6-9-18(25-2)10-7-16)15-21(24)22-17-8-11-19(26-3)20(13-17)27-4/h5-11,13H,1,12,14-15H2,2-4H3,(H,22,24). The summed E-state index contributed by atoms with van der Waals surface area (Å²) in [7, 11) is 4.77. The van der Waals surface area contributed by atoms with Gasteiger partial charge in [0.15, 0.2) is 11.5 Å². The van der Waals surface area contributed by atoms with Gasteiger partial charge in [0, 0.05) is 24.8 Å². The van der Waals surface area contributed by atoms with Gasteiger partial charge < -0.3 is 19.5 Å². The second-order valence-electron chi connectivity index (χ2n) is 5.92. The van der Waals surface area contributed by atoms with Crippen molar-refractivity contribution in [2.75, 3.05) is 39.7 Å². The summed E-state index contributed by atoms with van der Waals surface area (Å²) < 4.78 is 15.7. The number of amides is 1. The number of nitrogens with one attached hydrogen (secondary N) is 1. The lowest BCUT2D eigenvalue weighted by Crippen LogP contribution is -2.33. The molecule has 1 amide bonds. The summed E-state index contributed by atoms with van der Waals surface area (Å²) in [6.45, 7) is 5.26. The van der Waals surface area contributed by atoms with Gasteiger partial charge in [-0.25, -0.2) is 0 Å². The van der Waals surface area contributed by atoms with E-state index < -0.39 is 0 Å². The second kappa shape index (κ2) is 10.2. The van der Waals surface area contributed by atoms with Crippen molar-refractivity contribution in [3.05, 3.63) is 60.7 Å². The quantitative estimate of drug-likeness (QED) is 0.650. The predicted molar refractivity (Wildman–Crippen MR) is 107 cm³/mol. The van der Waals surface area contributed by atoms with Crippen molar-refractivity contribution in [1.82, 2.24) is 4.90 Å². The van der Waals surface area contributed by atoms with E-state index in [2.05, 4.69) is 11.9 Å². The minimum absolute atomic E-state index is 0.113. The SMILES string of the molecule is C=CCN(CC(=O)Nc1ccc(OC)c(OC)c1)Cc1ccc(OC)cc1. The van der Waals surface area contributed by atoms with Gasteiger partial charge in [0.25, 0.3) is 0 Å². The van der Waals surface area contributed by atoms with Gasteiger partial charge in [0.2, 0.25) is 5.91 Å². The number of anilines is 1. The van der Waals surface area contributed by atoms with Crippen LogP contribution in [-0.4, -0.2) is 45.2 Å². The fourth-order valence-corrected chi connectivity index (χ4v) is 2.67. The van der Waals surface area contributed by atoms with Gasteiger partial charge in [-0.05, 0) is 29.8 Å². The van der Waals surface area contributed by atoms with Gasteiger partial charge in [-0.3, -0.25) is 9.69 Å². The molecule has 0 saturated carbocycles. The molecule has 1 N–H and O–H groups in total. The molecular weight excluding hydrogens is 344 g/mol. The van der Waals surface area contributed by atoms with E-state index in [0.29, 0.717) is 30.3 Å². The Balaban J connectivity index is 2.00. The summed E-state index contributed by atoms with van der Waals surface area (Å²) in [6, 6.07) is 13.1. The molecule has 0 atom stereocenters. The van der Waals surface area contributed by atoms with Gasteiger partial charge in [0.05, 0.1) is 27.9 Å². The molecule has 0 radical (unpaired) electrons. The number of rotatable bonds is 10. The third-order valence-electron chi connectivity index (χ3n) is 3.99. The zero-order valence-electron chi connectivity index (χ0n) is 16.0. The zero-order valence-corrected chi connectivity index (χ0v) is 16.0. The van der Waals surface area contributed by atoms with E-state index in [0.717, 1.165) is 11.3 Å². The van der Waals surface area contributed by atoms with Crippen LogP contribution < -0.4 is 19.5 Å². The van der Waals surface area contributed by atoms with Crippen molar-refractivity contribution in [2.24, 2.45) is 0 Å². The molecular formula is C21H26N2O4. The summed E-state index contributed by atoms with van der Waals surface area (Å²) in [5.74, 6) is 1.87. The Morgan fingerprint density at radius 1 is 1.04 bits per heavy atom. The van der Waals surface area contributed by atoms with Crippen LogP contribution in [-0.2, 0) is 11.3 Å². The highest BCUT2D eigenvalue weighted by Gasteiger charge is 2.12. The second-order valence-corrected chi connectivity index (χ2v) is 5.92.